The van der Waals surface area contributed by atoms with Crippen LogP contribution in [0.15, 0.2) is 12.1 Å². The molecule has 0 radical (unpaired) electrons. The molecule has 0 aliphatic heterocycles. The van der Waals surface area contributed by atoms with Gasteiger partial charge in [-0.15, -0.1) is 0 Å². The molecule has 0 bridgehead atoms. The van der Waals surface area contributed by atoms with Crippen LogP contribution in [0, 0.1) is 0 Å². The topological polar surface area (TPSA) is 97.5 Å². The Labute approximate surface area is 127 Å². The first-order chi connectivity index (χ1) is 9.91. The van der Waals surface area contributed by atoms with Crippen LogP contribution in [0.5, 0.6) is 5.75 Å². The van der Waals surface area contributed by atoms with E-state index in [9.17, 15) is 8.42 Å². The largest absolute Gasteiger partial charge is 0.494 e. The van der Waals surface area contributed by atoms with Crippen LogP contribution in [0.2, 0.25) is 0 Å². The molecule has 1 aromatic heterocycles. The van der Waals surface area contributed by atoms with Gasteiger partial charge in [-0.3, -0.25) is 0 Å². The number of nitrogens with two attached hydrogens (primary N) is 1. The summed E-state index contributed by atoms with van der Waals surface area (Å²) in [6.45, 7) is 4.36. The van der Waals surface area contributed by atoms with Crippen LogP contribution in [0.3, 0.4) is 0 Å². The number of nitrogens with zero attached hydrogens (tertiary/aromatic N) is 2. The molecule has 0 aliphatic carbocycles. The average Bonchev–Trinajstić information content (AvgIpc) is 2.79. The summed E-state index contributed by atoms with van der Waals surface area (Å²) in [5.74, 6) is 0.523. The zero-order valence-corrected chi connectivity index (χ0v) is 13.7. The van der Waals surface area contributed by atoms with Gasteiger partial charge in [-0.2, -0.15) is 12.7 Å². The smallest absolute Gasteiger partial charge is 0.303 e. The second kappa shape index (κ2) is 6.04. The molecular formula is C12H18N4O3S2. The summed E-state index contributed by atoms with van der Waals surface area (Å²) in [6, 6.07) is 3.40. The fourth-order valence-corrected chi connectivity index (χ4v) is 4.30. The summed E-state index contributed by atoms with van der Waals surface area (Å²) >= 11 is 1.22. The third kappa shape index (κ3) is 3.20. The Morgan fingerprint density at radius 1 is 1.38 bits per heavy atom. The van der Waals surface area contributed by atoms with Crippen molar-refractivity contribution in [2.75, 3.05) is 30.7 Å². The molecule has 3 N–H and O–H groups in total. The molecule has 2 rings (SSSR count). The molecule has 7 nitrogen and oxygen atoms in total. The molecule has 0 saturated heterocycles. The maximum atomic E-state index is 12.2. The minimum atomic E-state index is -3.59. The lowest BCUT2D eigenvalue weighted by atomic mass is 10.3. The normalized spacial score (nSPS) is 12.0. The molecule has 21 heavy (non-hydrogen) atoms. The number of thiazole rings is 1. The zero-order chi connectivity index (χ0) is 15.6. The van der Waals surface area contributed by atoms with Gasteiger partial charge >= 0.3 is 10.2 Å². The number of fused-ring (bicyclic) bond motifs is 1. The van der Waals surface area contributed by atoms with Gasteiger partial charge in [0.25, 0.3) is 0 Å². The predicted octanol–water partition coefficient (Wildman–Crippen LogP) is 1.89. The number of nitrogens with one attached hydrogen (secondary N) is 1. The van der Waals surface area contributed by atoms with Crippen LogP contribution >= 0.6 is 11.3 Å². The molecule has 0 saturated carbocycles. The molecule has 0 fully saturated rings. The highest BCUT2D eigenvalue weighted by molar-refractivity contribution is 7.90. The molecule has 0 spiro atoms. The molecule has 0 aliphatic rings. The maximum Gasteiger partial charge on any atom is 0.303 e. The first kappa shape index (κ1) is 15.8. The lowest BCUT2D eigenvalue weighted by molar-refractivity contribution is 0.419. The van der Waals surface area contributed by atoms with Crippen molar-refractivity contribution in [2.45, 2.75) is 13.8 Å². The number of aromatic nitrogens is 1. The summed E-state index contributed by atoms with van der Waals surface area (Å²) < 4.78 is 34.2. The highest BCUT2D eigenvalue weighted by atomic mass is 32.2. The monoisotopic (exact) mass is 330 g/mol. The van der Waals surface area contributed by atoms with E-state index < -0.39 is 10.2 Å². The Balaban J connectivity index is 2.40. The van der Waals surface area contributed by atoms with E-state index in [1.54, 1.807) is 26.0 Å². The second-order valence-corrected chi connectivity index (χ2v) is 6.98. The molecule has 1 aromatic carbocycles. The number of rotatable bonds is 6. The number of nitrogen functional groups attached to an aromatic ring is 1. The average molecular weight is 330 g/mol. The number of hydrogen-bond acceptors (Lipinski definition) is 6. The molecule has 0 amide bonds. The first-order valence-electron chi connectivity index (χ1n) is 6.43. The Morgan fingerprint density at radius 2 is 2.05 bits per heavy atom. The van der Waals surface area contributed by atoms with E-state index in [0.29, 0.717) is 35.2 Å². The van der Waals surface area contributed by atoms with Crippen LogP contribution < -0.4 is 15.2 Å². The standard InChI is InChI=1S/C12H18N4O3S2/c1-4-16(5-2)21(17,18)15-12-14-11-9(19-3)6-8(13)7-10(11)20-12/h6-7H,4-5,13H2,1-3H3,(H,14,15). The van der Waals surface area contributed by atoms with Crippen molar-refractivity contribution in [1.82, 2.24) is 9.29 Å². The van der Waals surface area contributed by atoms with Crippen LogP contribution in [0.25, 0.3) is 10.2 Å². The van der Waals surface area contributed by atoms with E-state index in [1.807, 2.05) is 0 Å². The van der Waals surface area contributed by atoms with Gasteiger partial charge in [0.05, 0.1) is 11.8 Å². The molecule has 116 valence electrons. The van der Waals surface area contributed by atoms with Gasteiger partial charge < -0.3 is 10.5 Å². The SMILES string of the molecule is CCN(CC)S(=O)(=O)Nc1nc2c(OC)cc(N)cc2s1. The van der Waals surface area contributed by atoms with Gasteiger partial charge in [0.15, 0.2) is 5.13 Å². The minimum Gasteiger partial charge on any atom is -0.494 e. The van der Waals surface area contributed by atoms with Crippen molar-refractivity contribution in [2.24, 2.45) is 0 Å². The molecule has 9 heteroatoms. The first-order valence-corrected chi connectivity index (χ1v) is 8.68. The predicted molar refractivity (Wildman–Crippen MR) is 86.0 cm³/mol. The third-order valence-electron chi connectivity index (χ3n) is 2.96. The number of methoxy groups -OCH3 is 1. The summed E-state index contributed by atoms with van der Waals surface area (Å²) in [5, 5.41) is 0.292. The summed E-state index contributed by atoms with van der Waals surface area (Å²) in [5.41, 5.74) is 6.91. The van der Waals surface area contributed by atoms with Crippen molar-refractivity contribution in [3.8, 4) is 5.75 Å². The fraction of sp³-hybridized carbons (Fsp3) is 0.417. The van der Waals surface area contributed by atoms with E-state index >= 15 is 0 Å². The second-order valence-electron chi connectivity index (χ2n) is 4.28. The van der Waals surface area contributed by atoms with Crippen molar-refractivity contribution in [3.05, 3.63) is 12.1 Å². The van der Waals surface area contributed by atoms with Crippen molar-refractivity contribution >= 4 is 42.6 Å². The van der Waals surface area contributed by atoms with Crippen LogP contribution in [0.1, 0.15) is 13.8 Å². The highest BCUT2D eigenvalue weighted by Gasteiger charge is 2.21. The van der Waals surface area contributed by atoms with Crippen molar-refractivity contribution in [3.63, 3.8) is 0 Å². The van der Waals surface area contributed by atoms with Crippen LogP contribution in [-0.2, 0) is 10.2 Å². The van der Waals surface area contributed by atoms with Gasteiger partial charge in [-0.1, -0.05) is 25.2 Å². The number of hydrogen-bond donors (Lipinski definition) is 2. The Bertz CT molecular complexity index is 738. The number of anilines is 2. The molecule has 1 heterocycles. The Kier molecular flexibility index (Phi) is 4.55. The summed E-state index contributed by atoms with van der Waals surface area (Å²) in [7, 11) is -2.07. The van der Waals surface area contributed by atoms with Crippen molar-refractivity contribution < 1.29 is 13.2 Å². The Hall–Kier alpha value is -1.58. The van der Waals surface area contributed by atoms with E-state index in [4.69, 9.17) is 10.5 Å². The quantitative estimate of drug-likeness (QED) is 0.788. The van der Waals surface area contributed by atoms with E-state index in [-0.39, 0.29) is 0 Å². The van der Waals surface area contributed by atoms with Crippen LogP contribution in [0.4, 0.5) is 10.8 Å². The van der Waals surface area contributed by atoms with Crippen LogP contribution in [-0.4, -0.2) is 37.9 Å². The molecule has 0 unspecified atom stereocenters. The fourth-order valence-electron chi connectivity index (χ4n) is 1.96. The Morgan fingerprint density at radius 3 is 2.62 bits per heavy atom. The lowest BCUT2D eigenvalue weighted by Crippen LogP contribution is -2.35. The maximum absolute atomic E-state index is 12.2. The van der Waals surface area contributed by atoms with E-state index in [1.165, 1.54) is 22.8 Å². The lowest BCUT2D eigenvalue weighted by Gasteiger charge is -2.17. The van der Waals surface area contributed by atoms with Gasteiger partial charge in [0, 0.05) is 24.8 Å². The molecule has 2 aromatic rings. The van der Waals surface area contributed by atoms with Gasteiger partial charge in [-0.05, 0) is 6.07 Å². The summed E-state index contributed by atoms with van der Waals surface area (Å²) in [6.07, 6.45) is 0. The van der Waals surface area contributed by atoms with Gasteiger partial charge in [0.1, 0.15) is 11.3 Å². The molecular weight excluding hydrogens is 312 g/mol. The molecule has 0 atom stereocenters. The van der Waals surface area contributed by atoms with Gasteiger partial charge in [0.2, 0.25) is 0 Å². The highest BCUT2D eigenvalue weighted by Crippen LogP contribution is 2.35. The minimum absolute atomic E-state index is 0.292. The number of ether oxygens (including phenoxy) is 1. The zero-order valence-electron chi connectivity index (χ0n) is 12.1. The third-order valence-corrected chi connectivity index (χ3v) is 5.66. The number of benzene rings is 1. The van der Waals surface area contributed by atoms with Crippen molar-refractivity contribution in [1.29, 1.82) is 0 Å². The van der Waals surface area contributed by atoms with E-state index in [0.717, 1.165) is 4.70 Å². The van der Waals surface area contributed by atoms with E-state index in [2.05, 4.69) is 9.71 Å². The summed E-state index contributed by atoms with van der Waals surface area (Å²) in [4.78, 5) is 4.28. The van der Waals surface area contributed by atoms with Gasteiger partial charge in [-0.25, -0.2) is 9.71 Å².